The number of benzene rings is 1. The molecule has 1 heterocycles. The highest BCUT2D eigenvalue weighted by Crippen LogP contribution is 2.42. The first-order chi connectivity index (χ1) is 7.99. The Balaban J connectivity index is 2.46. The standard InChI is InChI=1S/C14H21NO2/c1-9-6-10(16-4)7-12(17-5)13(9)11-8-15-14(11,2)3/h6-7,11,15H,8H2,1-5H3. The molecule has 0 saturated carbocycles. The molecule has 1 fully saturated rings. The molecule has 1 saturated heterocycles. The number of rotatable bonds is 3. The van der Waals surface area contributed by atoms with E-state index in [-0.39, 0.29) is 5.54 Å². The average Bonchev–Trinajstić information content (AvgIpc) is 2.29. The van der Waals surface area contributed by atoms with Gasteiger partial charge >= 0.3 is 0 Å². The van der Waals surface area contributed by atoms with E-state index < -0.39 is 0 Å². The van der Waals surface area contributed by atoms with Crippen molar-refractivity contribution in [3.05, 3.63) is 23.3 Å². The second-order valence-corrected chi connectivity index (χ2v) is 5.22. The third-order valence-corrected chi connectivity index (χ3v) is 3.76. The Morgan fingerprint density at radius 1 is 1.24 bits per heavy atom. The van der Waals surface area contributed by atoms with Crippen molar-refractivity contribution in [2.24, 2.45) is 0 Å². The summed E-state index contributed by atoms with van der Waals surface area (Å²) in [6.07, 6.45) is 0. The molecule has 1 unspecified atom stereocenters. The lowest BCUT2D eigenvalue weighted by atomic mass is 9.73. The Labute approximate surface area is 103 Å². The van der Waals surface area contributed by atoms with Gasteiger partial charge in [0.1, 0.15) is 11.5 Å². The highest BCUT2D eigenvalue weighted by Gasteiger charge is 2.41. The van der Waals surface area contributed by atoms with Gasteiger partial charge in [-0.2, -0.15) is 0 Å². The van der Waals surface area contributed by atoms with Gasteiger partial charge in [-0.1, -0.05) is 0 Å². The number of aryl methyl sites for hydroxylation is 1. The monoisotopic (exact) mass is 235 g/mol. The molecule has 0 radical (unpaired) electrons. The molecule has 0 amide bonds. The smallest absolute Gasteiger partial charge is 0.126 e. The minimum absolute atomic E-state index is 0.145. The molecule has 94 valence electrons. The maximum atomic E-state index is 5.51. The van der Waals surface area contributed by atoms with Crippen LogP contribution >= 0.6 is 0 Å². The lowest BCUT2D eigenvalue weighted by Gasteiger charge is -2.47. The summed E-state index contributed by atoms with van der Waals surface area (Å²) in [6.45, 7) is 7.58. The van der Waals surface area contributed by atoms with Crippen molar-refractivity contribution in [1.82, 2.24) is 5.32 Å². The van der Waals surface area contributed by atoms with Crippen LogP contribution in [0.15, 0.2) is 12.1 Å². The zero-order valence-corrected chi connectivity index (χ0v) is 11.3. The van der Waals surface area contributed by atoms with Gasteiger partial charge < -0.3 is 14.8 Å². The van der Waals surface area contributed by atoms with Gasteiger partial charge in [-0.25, -0.2) is 0 Å². The van der Waals surface area contributed by atoms with Gasteiger partial charge in [0.2, 0.25) is 0 Å². The van der Waals surface area contributed by atoms with Gasteiger partial charge in [0.25, 0.3) is 0 Å². The number of nitrogens with one attached hydrogen (secondary N) is 1. The average molecular weight is 235 g/mol. The van der Waals surface area contributed by atoms with Crippen molar-refractivity contribution in [2.75, 3.05) is 20.8 Å². The summed E-state index contributed by atoms with van der Waals surface area (Å²) < 4.78 is 10.8. The molecule has 1 atom stereocenters. The van der Waals surface area contributed by atoms with Crippen molar-refractivity contribution >= 4 is 0 Å². The van der Waals surface area contributed by atoms with Gasteiger partial charge in [-0.05, 0) is 32.4 Å². The molecular formula is C14H21NO2. The first kappa shape index (κ1) is 12.2. The van der Waals surface area contributed by atoms with Crippen LogP contribution in [0.4, 0.5) is 0 Å². The van der Waals surface area contributed by atoms with Gasteiger partial charge in [0, 0.05) is 29.6 Å². The van der Waals surface area contributed by atoms with E-state index in [9.17, 15) is 0 Å². The molecule has 0 aromatic heterocycles. The molecule has 0 aliphatic carbocycles. The van der Waals surface area contributed by atoms with Crippen LogP contribution in [0.2, 0.25) is 0 Å². The van der Waals surface area contributed by atoms with Crippen LogP contribution in [-0.2, 0) is 0 Å². The molecule has 3 heteroatoms. The molecule has 0 spiro atoms. The summed E-state index contributed by atoms with van der Waals surface area (Å²) in [5, 5.41) is 3.45. The first-order valence-corrected chi connectivity index (χ1v) is 5.97. The second kappa shape index (κ2) is 4.22. The van der Waals surface area contributed by atoms with Crippen LogP contribution < -0.4 is 14.8 Å². The predicted octanol–water partition coefficient (Wildman–Crippen LogP) is 2.48. The number of methoxy groups -OCH3 is 2. The van der Waals surface area contributed by atoms with Crippen molar-refractivity contribution in [2.45, 2.75) is 32.2 Å². The highest BCUT2D eigenvalue weighted by molar-refractivity contribution is 5.50. The van der Waals surface area contributed by atoms with E-state index in [1.807, 2.05) is 6.07 Å². The molecular weight excluding hydrogens is 214 g/mol. The fourth-order valence-corrected chi connectivity index (χ4v) is 2.54. The van der Waals surface area contributed by atoms with E-state index >= 15 is 0 Å². The van der Waals surface area contributed by atoms with Crippen molar-refractivity contribution in [1.29, 1.82) is 0 Å². The number of hydrogen-bond acceptors (Lipinski definition) is 3. The summed E-state index contributed by atoms with van der Waals surface area (Å²) in [7, 11) is 3.40. The zero-order valence-electron chi connectivity index (χ0n) is 11.3. The normalized spacial score (nSPS) is 21.8. The third kappa shape index (κ3) is 2.00. The fraction of sp³-hybridized carbons (Fsp3) is 0.571. The molecule has 2 rings (SSSR count). The largest absolute Gasteiger partial charge is 0.497 e. The number of ether oxygens (including phenoxy) is 2. The molecule has 17 heavy (non-hydrogen) atoms. The van der Waals surface area contributed by atoms with Crippen LogP contribution in [0, 0.1) is 6.92 Å². The van der Waals surface area contributed by atoms with Crippen LogP contribution in [-0.4, -0.2) is 26.3 Å². The van der Waals surface area contributed by atoms with E-state index in [0.717, 1.165) is 18.0 Å². The lowest BCUT2D eigenvalue weighted by molar-refractivity contribution is 0.203. The van der Waals surface area contributed by atoms with Crippen LogP contribution in [0.3, 0.4) is 0 Å². The predicted molar refractivity (Wildman–Crippen MR) is 69.1 cm³/mol. The van der Waals surface area contributed by atoms with Crippen molar-refractivity contribution in [3.8, 4) is 11.5 Å². The Kier molecular flexibility index (Phi) is 3.04. The quantitative estimate of drug-likeness (QED) is 0.873. The van der Waals surface area contributed by atoms with Crippen LogP contribution in [0.1, 0.15) is 30.9 Å². The molecule has 1 aromatic rings. The van der Waals surface area contributed by atoms with E-state index in [0.29, 0.717) is 5.92 Å². The molecule has 1 N–H and O–H groups in total. The van der Waals surface area contributed by atoms with Gasteiger partial charge in [-0.3, -0.25) is 0 Å². The van der Waals surface area contributed by atoms with E-state index in [1.54, 1.807) is 14.2 Å². The van der Waals surface area contributed by atoms with Gasteiger partial charge in [0.05, 0.1) is 14.2 Å². The van der Waals surface area contributed by atoms with Crippen molar-refractivity contribution < 1.29 is 9.47 Å². The second-order valence-electron chi connectivity index (χ2n) is 5.22. The summed E-state index contributed by atoms with van der Waals surface area (Å²) in [6, 6.07) is 4.04. The topological polar surface area (TPSA) is 30.5 Å². The molecule has 1 aliphatic heterocycles. The Bertz CT molecular complexity index is 426. The Hall–Kier alpha value is -1.22. The third-order valence-electron chi connectivity index (χ3n) is 3.76. The van der Waals surface area contributed by atoms with Crippen molar-refractivity contribution in [3.63, 3.8) is 0 Å². The minimum atomic E-state index is 0.145. The molecule has 3 nitrogen and oxygen atoms in total. The van der Waals surface area contributed by atoms with E-state index in [4.69, 9.17) is 9.47 Å². The number of hydrogen-bond donors (Lipinski definition) is 1. The molecule has 1 aromatic carbocycles. The molecule has 1 aliphatic rings. The van der Waals surface area contributed by atoms with Gasteiger partial charge in [-0.15, -0.1) is 0 Å². The van der Waals surface area contributed by atoms with Crippen LogP contribution in [0.5, 0.6) is 11.5 Å². The minimum Gasteiger partial charge on any atom is -0.497 e. The maximum absolute atomic E-state index is 5.51. The zero-order chi connectivity index (χ0) is 12.6. The summed E-state index contributed by atoms with van der Waals surface area (Å²) in [4.78, 5) is 0. The summed E-state index contributed by atoms with van der Waals surface area (Å²) in [5.74, 6) is 2.29. The fourth-order valence-electron chi connectivity index (χ4n) is 2.54. The lowest BCUT2D eigenvalue weighted by Crippen LogP contribution is -2.59. The Morgan fingerprint density at radius 2 is 1.94 bits per heavy atom. The summed E-state index contributed by atoms with van der Waals surface area (Å²) in [5.41, 5.74) is 2.69. The van der Waals surface area contributed by atoms with Crippen LogP contribution in [0.25, 0.3) is 0 Å². The SMILES string of the molecule is COc1cc(C)c(C2CNC2(C)C)c(OC)c1. The summed E-state index contributed by atoms with van der Waals surface area (Å²) >= 11 is 0. The van der Waals surface area contributed by atoms with E-state index in [1.165, 1.54) is 11.1 Å². The van der Waals surface area contributed by atoms with E-state index in [2.05, 4.69) is 32.2 Å². The first-order valence-electron chi connectivity index (χ1n) is 5.97. The Morgan fingerprint density at radius 3 is 2.35 bits per heavy atom. The van der Waals surface area contributed by atoms with Gasteiger partial charge in [0.15, 0.2) is 0 Å². The molecule has 0 bridgehead atoms. The maximum Gasteiger partial charge on any atom is 0.126 e. The highest BCUT2D eigenvalue weighted by atomic mass is 16.5.